The summed E-state index contributed by atoms with van der Waals surface area (Å²) in [5.74, 6) is -0.508. The minimum Gasteiger partial charge on any atom is -0.495 e. The highest BCUT2D eigenvalue weighted by Crippen LogP contribution is 2.34. The SMILES string of the molecule is COc1ccc(C)cc1N1CC(C(=O)Nc2cccc([N+](=O)[O-])c2)CC1=O. The number of aryl methyl sites for hydroxylation is 1. The fraction of sp³-hybridized carbons (Fsp3) is 0.263. The Balaban J connectivity index is 1.75. The Morgan fingerprint density at radius 1 is 1.30 bits per heavy atom. The molecule has 1 saturated heterocycles. The highest BCUT2D eigenvalue weighted by Gasteiger charge is 2.36. The molecule has 0 aromatic heterocycles. The minimum atomic E-state index is -0.554. The largest absolute Gasteiger partial charge is 0.495 e. The van der Waals surface area contributed by atoms with Gasteiger partial charge >= 0.3 is 0 Å². The Hall–Kier alpha value is -3.42. The molecule has 8 nitrogen and oxygen atoms in total. The number of nitrogens with zero attached hydrogens (tertiary/aromatic N) is 2. The van der Waals surface area contributed by atoms with E-state index in [2.05, 4.69) is 5.32 Å². The van der Waals surface area contributed by atoms with Gasteiger partial charge in [-0.1, -0.05) is 12.1 Å². The number of anilines is 2. The van der Waals surface area contributed by atoms with Crippen LogP contribution in [-0.4, -0.2) is 30.4 Å². The van der Waals surface area contributed by atoms with Crippen molar-refractivity contribution in [1.29, 1.82) is 0 Å². The molecule has 2 amide bonds. The van der Waals surface area contributed by atoms with Crippen LogP contribution in [0.1, 0.15) is 12.0 Å². The quantitative estimate of drug-likeness (QED) is 0.645. The van der Waals surface area contributed by atoms with Gasteiger partial charge < -0.3 is 15.0 Å². The number of rotatable bonds is 5. The lowest BCUT2D eigenvalue weighted by atomic mass is 10.1. The van der Waals surface area contributed by atoms with E-state index in [9.17, 15) is 19.7 Å². The fourth-order valence-electron chi connectivity index (χ4n) is 3.07. The maximum atomic E-state index is 12.5. The smallest absolute Gasteiger partial charge is 0.271 e. The number of hydrogen-bond donors (Lipinski definition) is 1. The standard InChI is InChI=1S/C19H19N3O5/c1-12-6-7-17(27-2)16(8-12)21-11-13(9-18(21)23)19(24)20-14-4-3-5-15(10-14)22(25)26/h3-8,10,13H,9,11H2,1-2H3,(H,20,24). The number of amides is 2. The molecule has 2 aromatic carbocycles. The van der Waals surface area contributed by atoms with Gasteiger partial charge in [-0.25, -0.2) is 0 Å². The summed E-state index contributed by atoms with van der Waals surface area (Å²) in [6.45, 7) is 2.13. The number of methoxy groups -OCH3 is 1. The van der Waals surface area contributed by atoms with Gasteiger partial charge in [-0.05, 0) is 30.7 Å². The first kappa shape index (κ1) is 18.4. The molecule has 8 heteroatoms. The van der Waals surface area contributed by atoms with Crippen LogP contribution in [0.15, 0.2) is 42.5 Å². The van der Waals surface area contributed by atoms with E-state index < -0.39 is 10.8 Å². The highest BCUT2D eigenvalue weighted by atomic mass is 16.6. The Kier molecular flexibility index (Phi) is 5.07. The summed E-state index contributed by atoms with van der Waals surface area (Å²) in [6, 6.07) is 11.2. The van der Waals surface area contributed by atoms with E-state index in [0.29, 0.717) is 17.1 Å². The topological polar surface area (TPSA) is 102 Å². The van der Waals surface area contributed by atoms with Crippen LogP contribution >= 0.6 is 0 Å². The second-order valence-electron chi connectivity index (χ2n) is 6.38. The molecule has 140 valence electrons. The third-order valence-corrected chi connectivity index (χ3v) is 4.45. The third kappa shape index (κ3) is 3.89. The first-order valence-electron chi connectivity index (χ1n) is 8.39. The zero-order valence-corrected chi connectivity index (χ0v) is 15.0. The van der Waals surface area contributed by atoms with Gasteiger partial charge in [0.15, 0.2) is 0 Å². The van der Waals surface area contributed by atoms with Crippen molar-refractivity contribution in [2.24, 2.45) is 5.92 Å². The number of carbonyl (C=O) groups excluding carboxylic acids is 2. The summed E-state index contributed by atoms with van der Waals surface area (Å²) in [5.41, 5.74) is 1.82. The molecule has 1 atom stereocenters. The number of benzene rings is 2. The molecule has 27 heavy (non-hydrogen) atoms. The third-order valence-electron chi connectivity index (χ3n) is 4.45. The van der Waals surface area contributed by atoms with Crippen molar-refractivity contribution in [3.05, 3.63) is 58.1 Å². The van der Waals surface area contributed by atoms with E-state index >= 15 is 0 Å². The molecule has 1 N–H and O–H groups in total. The van der Waals surface area contributed by atoms with Crippen molar-refractivity contribution in [3.8, 4) is 5.75 Å². The molecular weight excluding hydrogens is 350 g/mol. The van der Waals surface area contributed by atoms with Crippen molar-refractivity contribution in [1.82, 2.24) is 0 Å². The van der Waals surface area contributed by atoms with Crippen LogP contribution in [0.3, 0.4) is 0 Å². The van der Waals surface area contributed by atoms with Gasteiger partial charge in [0.05, 0.1) is 23.6 Å². The monoisotopic (exact) mass is 369 g/mol. The van der Waals surface area contributed by atoms with Crippen LogP contribution in [0.5, 0.6) is 5.75 Å². The molecule has 1 fully saturated rings. The summed E-state index contributed by atoms with van der Waals surface area (Å²) < 4.78 is 5.33. The lowest BCUT2D eigenvalue weighted by Gasteiger charge is -2.20. The summed E-state index contributed by atoms with van der Waals surface area (Å²) in [6.07, 6.45) is 0.0673. The van der Waals surface area contributed by atoms with Gasteiger partial charge in [0.1, 0.15) is 5.75 Å². The van der Waals surface area contributed by atoms with Crippen molar-refractivity contribution in [2.75, 3.05) is 23.9 Å². The average molecular weight is 369 g/mol. The van der Waals surface area contributed by atoms with Crippen molar-refractivity contribution >= 4 is 28.9 Å². The van der Waals surface area contributed by atoms with Crippen LogP contribution in [-0.2, 0) is 9.59 Å². The Bertz CT molecular complexity index is 912. The van der Waals surface area contributed by atoms with Gasteiger partial charge in [0, 0.05) is 30.8 Å². The Labute approximate surface area is 155 Å². The van der Waals surface area contributed by atoms with E-state index in [1.807, 2.05) is 19.1 Å². The molecule has 2 aromatic rings. The molecule has 0 aliphatic carbocycles. The molecule has 1 aliphatic rings. The number of nitro benzene ring substituents is 1. The second kappa shape index (κ2) is 7.45. The predicted molar refractivity (Wildman–Crippen MR) is 99.9 cm³/mol. The lowest BCUT2D eigenvalue weighted by Crippen LogP contribution is -2.28. The summed E-state index contributed by atoms with van der Waals surface area (Å²) in [5, 5.41) is 13.5. The number of nitro groups is 1. The average Bonchev–Trinajstić information content (AvgIpc) is 3.03. The van der Waals surface area contributed by atoms with Gasteiger partial charge in [-0.15, -0.1) is 0 Å². The van der Waals surface area contributed by atoms with Gasteiger partial charge in [-0.3, -0.25) is 19.7 Å². The minimum absolute atomic E-state index is 0.0673. The molecule has 3 rings (SSSR count). The van der Waals surface area contributed by atoms with E-state index in [-0.39, 0.29) is 30.5 Å². The highest BCUT2D eigenvalue weighted by molar-refractivity contribution is 6.04. The summed E-state index contributed by atoms with van der Waals surface area (Å²) in [7, 11) is 1.53. The van der Waals surface area contributed by atoms with Gasteiger partial charge in [-0.2, -0.15) is 0 Å². The normalized spacial score (nSPS) is 16.3. The van der Waals surface area contributed by atoms with Crippen molar-refractivity contribution in [2.45, 2.75) is 13.3 Å². The molecule has 0 bridgehead atoms. The molecule has 1 heterocycles. The Morgan fingerprint density at radius 2 is 2.07 bits per heavy atom. The number of carbonyl (C=O) groups is 2. The molecule has 0 spiro atoms. The van der Waals surface area contributed by atoms with Crippen LogP contribution < -0.4 is 15.0 Å². The zero-order chi connectivity index (χ0) is 19.6. The molecule has 0 radical (unpaired) electrons. The summed E-state index contributed by atoms with van der Waals surface area (Å²) >= 11 is 0. The van der Waals surface area contributed by atoms with Gasteiger partial charge in [0.2, 0.25) is 11.8 Å². The van der Waals surface area contributed by atoms with Crippen LogP contribution in [0, 0.1) is 23.0 Å². The fourth-order valence-corrected chi connectivity index (χ4v) is 3.07. The molecule has 1 aliphatic heterocycles. The molecule has 1 unspecified atom stereocenters. The van der Waals surface area contributed by atoms with E-state index in [4.69, 9.17) is 4.74 Å². The van der Waals surface area contributed by atoms with E-state index in [1.165, 1.54) is 25.3 Å². The maximum absolute atomic E-state index is 12.5. The van der Waals surface area contributed by atoms with Crippen LogP contribution in [0.2, 0.25) is 0 Å². The van der Waals surface area contributed by atoms with Crippen molar-refractivity contribution < 1.29 is 19.2 Å². The number of hydrogen-bond acceptors (Lipinski definition) is 5. The van der Waals surface area contributed by atoms with E-state index in [1.54, 1.807) is 17.0 Å². The maximum Gasteiger partial charge on any atom is 0.271 e. The first-order chi connectivity index (χ1) is 12.9. The lowest BCUT2D eigenvalue weighted by molar-refractivity contribution is -0.384. The van der Waals surface area contributed by atoms with E-state index in [0.717, 1.165) is 5.56 Å². The van der Waals surface area contributed by atoms with Crippen LogP contribution in [0.25, 0.3) is 0 Å². The van der Waals surface area contributed by atoms with Gasteiger partial charge in [0.25, 0.3) is 5.69 Å². The Morgan fingerprint density at radius 3 is 2.78 bits per heavy atom. The zero-order valence-electron chi connectivity index (χ0n) is 15.0. The molecule has 0 saturated carbocycles. The predicted octanol–water partition coefficient (Wildman–Crippen LogP) is 2.90. The number of nitrogens with one attached hydrogen (secondary N) is 1. The number of ether oxygens (including phenoxy) is 1. The van der Waals surface area contributed by atoms with Crippen molar-refractivity contribution in [3.63, 3.8) is 0 Å². The molecular formula is C19H19N3O5. The summed E-state index contributed by atoms with van der Waals surface area (Å²) in [4.78, 5) is 36.9. The number of non-ortho nitro benzene ring substituents is 1. The second-order valence-corrected chi connectivity index (χ2v) is 6.38. The van der Waals surface area contributed by atoms with Crippen LogP contribution in [0.4, 0.5) is 17.1 Å². The first-order valence-corrected chi connectivity index (χ1v) is 8.39.